The summed E-state index contributed by atoms with van der Waals surface area (Å²) in [5, 5.41) is 2.98. The molecule has 1 aromatic carbocycles. The highest BCUT2D eigenvalue weighted by atomic mass is 16.5. The highest BCUT2D eigenvalue weighted by Crippen LogP contribution is 2.31. The molecule has 1 saturated carbocycles. The monoisotopic (exact) mass is 452 g/mol. The molecule has 0 spiro atoms. The number of carbonyl (C=O) groups is 1. The first-order chi connectivity index (χ1) is 16.1. The largest absolute Gasteiger partial charge is 0.491 e. The molecule has 4 rings (SSSR count). The lowest BCUT2D eigenvalue weighted by molar-refractivity contribution is -0.121. The van der Waals surface area contributed by atoms with Crippen LogP contribution in [0.2, 0.25) is 0 Å². The van der Waals surface area contributed by atoms with E-state index in [0.29, 0.717) is 32.3 Å². The van der Waals surface area contributed by atoms with Crippen LogP contribution in [0.25, 0.3) is 11.0 Å². The fourth-order valence-electron chi connectivity index (χ4n) is 4.56. The molecule has 0 radical (unpaired) electrons. The summed E-state index contributed by atoms with van der Waals surface area (Å²) in [6.07, 6.45) is 6.83. The van der Waals surface area contributed by atoms with E-state index in [0.717, 1.165) is 48.2 Å². The molecule has 0 saturated heterocycles. The third-order valence-electron chi connectivity index (χ3n) is 6.42. The van der Waals surface area contributed by atoms with Crippen molar-refractivity contribution in [2.45, 2.75) is 39.2 Å². The van der Waals surface area contributed by atoms with Crippen LogP contribution in [-0.4, -0.2) is 39.8 Å². The number of benzene rings is 1. The van der Waals surface area contributed by atoms with E-state index < -0.39 is 0 Å². The number of hydrogen-bond acceptors (Lipinski definition) is 5. The molecular weight excluding hydrogens is 420 g/mol. The summed E-state index contributed by atoms with van der Waals surface area (Å²) in [7, 11) is 1.80. The van der Waals surface area contributed by atoms with Crippen LogP contribution in [-0.2, 0) is 23.1 Å². The first kappa shape index (κ1) is 23.0. The van der Waals surface area contributed by atoms with Gasteiger partial charge in [0.1, 0.15) is 12.4 Å². The van der Waals surface area contributed by atoms with Crippen LogP contribution in [0.1, 0.15) is 32.6 Å². The Hall–Kier alpha value is -3.13. The normalized spacial score (nSPS) is 18.4. The zero-order chi connectivity index (χ0) is 23.2. The number of aromatic nitrogens is 3. The van der Waals surface area contributed by atoms with E-state index in [4.69, 9.17) is 9.47 Å². The van der Waals surface area contributed by atoms with E-state index >= 15 is 0 Å². The van der Waals surface area contributed by atoms with Gasteiger partial charge in [0, 0.05) is 50.3 Å². The molecule has 0 bridgehead atoms. The van der Waals surface area contributed by atoms with Gasteiger partial charge in [0.25, 0.3) is 0 Å². The van der Waals surface area contributed by atoms with Crippen LogP contribution in [0, 0.1) is 11.8 Å². The minimum absolute atomic E-state index is 0.00370. The van der Waals surface area contributed by atoms with Crippen molar-refractivity contribution in [3.05, 3.63) is 53.2 Å². The maximum atomic E-state index is 12.9. The van der Waals surface area contributed by atoms with Crippen LogP contribution in [0.15, 0.2) is 47.5 Å². The number of aryl methyl sites for hydroxylation is 1. The number of ether oxygens (including phenoxy) is 2. The highest BCUT2D eigenvalue weighted by Gasteiger charge is 2.27. The van der Waals surface area contributed by atoms with Crippen LogP contribution >= 0.6 is 0 Å². The fraction of sp³-hybridized carbons (Fsp3) is 0.480. The van der Waals surface area contributed by atoms with E-state index in [9.17, 15) is 9.59 Å². The molecular formula is C25H32N4O4. The third-order valence-corrected chi connectivity index (χ3v) is 6.42. The summed E-state index contributed by atoms with van der Waals surface area (Å²) in [5.74, 6) is 1.17. The maximum Gasteiger partial charge on any atom is 0.328 e. The summed E-state index contributed by atoms with van der Waals surface area (Å²) < 4.78 is 14.7. The number of fused-ring (bicyclic) bond motifs is 1. The molecule has 3 aromatic rings. The quantitative estimate of drug-likeness (QED) is 0.501. The lowest BCUT2D eigenvalue weighted by Gasteiger charge is -2.28. The molecule has 1 amide bonds. The van der Waals surface area contributed by atoms with Crippen molar-refractivity contribution in [1.29, 1.82) is 0 Å². The molecule has 0 aliphatic heterocycles. The fourth-order valence-corrected chi connectivity index (χ4v) is 4.56. The summed E-state index contributed by atoms with van der Waals surface area (Å²) in [6.45, 7) is 4.28. The Balaban J connectivity index is 1.40. The second-order valence-corrected chi connectivity index (χ2v) is 8.59. The summed E-state index contributed by atoms with van der Waals surface area (Å²) >= 11 is 0. The molecule has 1 aliphatic rings. The predicted octanol–water partition coefficient (Wildman–Crippen LogP) is 3.60. The molecule has 1 N–H and O–H groups in total. The average Bonchev–Trinajstić information content (AvgIpc) is 3.07. The van der Waals surface area contributed by atoms with Crippen molar-refractivity contribution < 1.29 is 14.3 Å². The summed E-state index contributed by atoms with van der Waals surface area (Å²) in [6, 6.07) is 9.36. The number of hydrogen-bond donors (Lipinski definition) is 1. The van der Waals surface area contributed by atoms with Gasteiger partial charge in [-0.2, -0.15) is 0 Å². The van der Waals surface area contributed by atoms with Crippen molar-refractivity contribution in [3.63, 3.8) is 0 Å². The number of carbonyl (C=O) groups excluding carboxylic acids is 1. The van der Waals surface area contributed by atoms with Gasteiger partial charge in [0.15, 0.2) is 0 Å². The standard InChI is InChI=1S/C25H32N4O4/c1-3-32-14-15-33-21-8-9-22-23(16-21)29(25(31)28(22)2)17-18-4-6-19(7-5-18)24(30)27-20-10-12-26-13-11-20/h8-13,16,18-19H,3-7,14-15,17H2,1-2H3,(H,26,27,30). The lowest BCUT2D eigenvalue weighted by Crippen LogP contribution is -2.30. The predicted molar refractivity (Wildman–Crippen MR) is 127 cm³/mol. The van der Waals surface area contributed by atoms with Gasteiger partial charge in [-0.3, -0.25) is 18.9 Å². The second kappa shape index (κ2) is 10.7. The Morgan fingerprint density at radius 3 is 2.58 bits per heavy atom. The van der Waals surface area contributed by atoms with Crippen LogP contribution in [0.5, 0.6) is 5.75 Å². The topological polar surface area (TPSA) is 87.4 Å². The number of rotatable bonds is 9. The first-order valence-corrected chi connectivity index (χ1v) is 11.7. The molecule has 2 aromatic heterocycles. The highest BCUT2D eigenvalue weighted by molar-refractivity contribution is 5.92. The Bertz CT molecular complexity index is 1130. The smallest absolute Gasteiger partial charge is 0.328 e. The first-order valence-electron chi connectivity index (χ1n) is 11.7. The van der Waals surface area contributed by atoms with E-state index in [1.54, 1.807) is 36.1 Å². The maximum absolute atomic E-state index is 12.9. The third kappa shape index (κ3) is 5.45. The van der Waals surface area contributed by atoms with E-state index in [2.05, 4.69) is 10.3 Å². The number of amides is 1. The van der Waals surface area contributed by atoms with Gasteiger partial charge in [0.2, 0.25) is 5.91 Å². The number of anilines is 1. The molecule has 8 heteroatoms. The van der Waals surface area contributed by atoms with E-state index in [1.165, 1.54) is 0 Å². The number of nitrogens with zero attached hydrogens (tertiary/aromatic N) is 3. The van der Waals surface area contributed by atoms with Crippen LogP contribution < -0.4 is 15.7 Å². The minimum atomic E-state index is -0.0194. The van der Waals surface area contributed by atoms with Crippen molar-refractivity contribution >= 4 is 22.6 Å². The van der Waals surface area contributed by atoms with Gasteiger partial charge >= 0.3 is 5.69 Å². The minimum Gasteiger partial charge on any atom is -0.491 e. The average molecular weight is 453 g/mol. The van der Waals surface area contributed by atoms with Crippen molar-refractivity contribution in [1.82, 2.24) is 14.1 Å². The Labute approximate surface area is 193 Å². The molecule has 33 heavy (non-hydrogen) atoms. The zero-order valence-electron chi connectivity index (χ0n) is 19.3. The van der Waals surface area contributed by atoms with Crippen LogP contribution in [0.4, 0.5) is 5.69 Å². The number of pyridine rings is 1. The summed E-state index contributed by atoms with van der Waals surface area (Å²) in [5.41, 5.74) is 2.53. The number of imidazole rings is 1. The Morgan fingerprint density at radius 1 is 1.09 bits per heavy atom. The van der Waals surface area contributed by atoms with E-state index in [-0.39, 0.29) is 17.5 Å². The molecule has 0 unspecified atom stereocenters. The summed E-state index contributed by atoms with van der Waals surface area (Å²) in [4.78, 5) is 29.5. The molecule has 0 atom stereocenters. The van der Waals surface area contributed by atoms with Gasteiger partial charge < -0.3 is 14.8 Å². The molecule has 1 fully saturated rings. The zero-order valence-corrected chi connectivity index (χ0v) is 19.3. The van der Waals surface area contributed by atoms with Crippen molar-refractivity contribution in [3.8, 4) is 5.75 Å². The van der Waals surface area contributed by atoms with Crippen molar-refractivity contribution in [2.24, 2.45) is 18.9 Å². The van der Waals surface area contributed by atoms with Gasteiger partial charge in [-0.05, 0) is 62.8 Å². The van der Waals surface area contributed by atoms with Crippen LogP contribution in [0.3, 0.4) is 0 Å². The second-order valence-electron chi connectivity index (χ2n) is 8.59. The molecule has 1 aliphatic carbocycles. The molecule has 176 valence electrons. The Kier molecular flexibility index (Phi) is 7.44. The molecule has 2 heterocycles. The van der Waals surface area contributed by atoms with Gasteiger partial charge in [-0.25, -0.2) is 4.79 Å². The SMILES string of the molecule is CCOCCOc1ccc2c(c1)n(CC1CCC(C(=O)Nc3ccncc3)CC1)c(=O)n2C. The van der Waals surface area contributed by atoms with Gasteiger partial charge in [0.05, 0.1) is 17.6 Å². The molecule has 8 nitrogen and oxygen atoms in total. The van der Waals surface area contributed by atoms with E-state index in [1.807, 2.05) is 29.7 Å². The number of nitrogens with one attached hydrogen (secondary N) is 1. The van der Waals surface area contributed by atoms with Gasteiger partial charge in [-0.1, -0.05) is 0 Å². The van der Waals surface area contributed by atoms with Gasteiger partial charge in [-0.15, -0.1) is 0 Å². The lowest BCUT2D eigenvalue weighted by atomic mass is 9.81. The van der Waals surface area contributed by atoms with Crippen molar-refractivity contribution in [2.75, 3.05) is 25.1 Å². The Morgan fingerprint density at radius 2 is 1.85 bits per heavy atom.